The lowest BCUT2D eigenvalue weighted by atomic mass is 10.3. The molecule has 2 heterocycles. The Morgan fingerprint density at radius 2 is 2.00 bits per heavy atom. The summed E-state index contributed by atoms with van der Waals surface area (Å²) in [5.41, 5.74) is -0.639. The van der Waals surface area contributed by atoms with Gasteiger partial charge in [0.25, 0.3) is 5.56 Å². The molecule has 0 aliphatic rings. The highest BCUT2D eigenvalue weighted by Gasteiger charge is 2.14. The van der Waals surface area contributed by atoms with Crippen LogP contribution < -0.4 is 10.9 Å². The molecule has 0 aliphatic carbocycles. The van der Waals surface area contributed by atoms with Crippen molar-refractivity contribution in [3.05, 3.63) is 52.7 Å². The fraction of sp³-hybridized carbons (Fsp3) is 0.143. The number of amides is 1. The second-order valence-electron chi connectivity index (χ2n) is 4.83. The summed E-state index contributed by atoms with van der Waals surface area (Å²) in [6.07, 6.45) is 2.53. The molecule has 3 rings (SSSR count). The molecule has 1 N–H and O–H groups in total. The summed E-state index contributed by atoms with van der Waals surface area (Å²) in [6.45, 7) is -0.426. The monoisotopic (exact) mass is 319 g/mol. The number of aryl methyl sites for hydroxylation is 1. The molecule has 1 amide bonds. The lowest BCUT2D eigenvalue weighted by molar-refractivity contribution is -0.116. The maximum atomic E-state index is 13.5. The predicted molar refractivity (Wildman–Crippen MR) is 77.8 cm³/mol. The number of benzene rings is 1. The maximum Gasteiger partial charge on any atom is 0.264 e. The van der Waals surface area contributed by atoms with Crippen molar-refractivity contribution < 1.29 is 13.6 Å². The van der Waals surface area contributed by atoms with Gasteiger partial charge >= 0.3 is 0 Å². The minimum atomic E-state index is -0.897. The number of nitrogens with one attached hydrogen (secondary N) is 1. The Hall–Kier alpha value is -3.10. The lowest BCUT2D eigenvalue weighted by Gasteiger charge is -2.08. The van der Waals surface area contributed by atoms with E-state index in [2.05, 4.69) is 15.4 Å². The van der Waals surface area contributed by atoms with Gasteiger partial charge < -0.3 is 5.32 Å². The maximum absolute atomic E-state index is 13.5. The van der Waals surface area contributed by atoms with E-state index >= 15 is 0 Å². The van der Waals surface area contributed by atoms with E-state index < -0.39 is 35.3 Å². The molecule has 2 aromatic heterocycles. The first-order chi connectivity index (χ1) is 11.0. The molecule has 0 aliphatic heterocycles. The van der Waals surface area contributed by atoms with Gasteiger partial charge in [0.05, 0.1) is 6.20 Å². The van der Waals surface area contributed by atoms with Crippen LogP contribution in [-0.4, -0.2) is 25.2 Å². The largest absolute Gasteiger partial charge is 0.320 e. The summed E-state index contributed by atoms with van der Waals surface area (Å²) >= 11 is 0. The Balaban J connectivity index is 1.86. The molecule has 0 spiro atoms. The second kappa shape index (κ2) is 5.59. The summed E-state index contributed by atoms with van der Waals surface area (Å²) in [6, 6.07) is 3.23. The van der Waals surface area contributed by atoms with E-state index in [0.29, 0.717) is 5.65 Å². The van der Waals surface area contributed by atoms with Gasteiger partial charge in [-0.15, -0.1) is 0 Å². The summed E-state index contributed by atoms with van der Waals surface area (Å²) < 4.78 is 29.5. The van der Waals surface area contributed by atoms with Gasteiger partial charge in [-0.1, -0.05) is 6.07 Å². The number of carbonyl (C=O) groups excluding carboxylic acids is 1. The van der Waals surface area contributed by atoms with Crippen LogP contribution >= 0.6 is 0 Å². The Morgan fingerprint density at radius 1 is 1.30 bits per heavy atom. The van der Waals surface area contributed by atoms with E-state index in [9.17, 15) is 18.4 Å². The number of nitrogens with zero attached hydrogens (tertiary/aromatic N) is 4. The first-order valence-corrected chi connectivity index (χ1v) is 6.58. The highest BCUT2D eigenvalue weighted by Crippen LogP contribution is 2.17. The highest BCUT2D eigenvalue weighted by molar-refractivity contribution is 5.91. The van der Waals surface area contributed by atoms with Gasteiger partial charge in [0.2, 0.25) is 5.91 Å². The summed E-state index contributed by atoms with van der Waals surface area (Å²) in [5.74, 6) is -2.54. The van der Waals surface area contributed by atoms with Gasteiger partial charge in [0, 0.05) is 7.05 Å². The molecule has 7 nitrogen and oxygen atoms in total. The molecule has 0 unspecified atom stereocenters. The van der Waals surface area contributed by atoms with Gasteiger partial charge in [0.15, 0.2) is 5.65 Å². The summed E-state index contributed by atoms with van der Waals surface area (Å²) in [5, 5.41) is 6.27. The zero-order valence-electron chi connectivity index (χ0n) is 12.0. The third-order valence-corrected chi connectivity index (χ3v) is 3.26. The van der Waals surface area contributed by atoms with Crippen molar-refractivity contribution in [1.29, 1.82) is 0 Å². The fourth-order valence-electron chi connectivity index (χ4n) is 2.13. The van der Waals surface area contributed by atoms with Gasteiger partial charge in [-0.25, -0.2) is 13.8 Å². The van der Waals surface area contributed by atoms with Crippen molar-refractivity contribution in [2.75, 3.05) is 5.32 Å². The molecule has 118 valence electrons. The van der Waals surface area contributed by atoms with E-state index in [0.717, 1.165) is 16.7 Å². The van der Waals surface area contributed by atoms with E-state index in [1.807, 2.05) is 0 Å². The third-order valence-electron chi connectivity index (χ3n) is 3.26. The Kier molecular flexibility index (Phi) is 3.61. The third kappa shape index (κ3) is 2.68. The molecule has 23 heavy (non-hydrogen) atoms. The van der Waals surface area contributed by atoms with Crippen LogP contribution in [0.4, 0.5) is 14.5 Å². The Morgan fingerprint density at radius 3 is 2.70 bits per heavy atom. The predicted octanol–water partition coefficient (Wildman–Crippen LogP) is 1.05. The number of rotatable bonds is 3. The fourth-order valence-corrected chi connectivity index (χ4v) is 2.13. The molecule has 0 saturated heterocycles. The molecule has 1 aromatic carbocycles. The number of fused-ring (bicyclic) bond motifs is 1. The Bertz CT molecular complexity index is 943. The lowest BCUT2D eigenvalue weighted by Crippen LogP contribution is -2.28. The molecule has 0 atom stereocenters. The topological polar surface area (TPSA) is 81.8 Å². The van der Waals surface area contributed by atoms with Crippen molar-refractivity contribution in [2.24, 2.45) is 7.05 Å². The average Bonchev–Trinajstić information content (AvgIpc) is 2.88. The van der Waals surface area contributed by atoms with Crippen LogP contribution in [0.15, 0.2) is 35.5 Å². The normalized spacial score (nSPS) is 10.9. The SMILES string of the molecule is Cn1ncc2c(=O)n(CC(=O)Nc3c(F)cccc3F)cnc21. The van der Waals surface area contributed by atoms with E-state index in [4.69, 9.17) is 0 Å². The first-order valence-electron chi connectivity index (χ1n) is 6.58. The molecular formula is C14H11F2N5O2. The van der Waals surface area contributed by atoms with Gasteiger partial charge in [0.1, 0.15) is 35.6 Å². The van der Waals surface area contributed by atoms with Crippen LogP contribution in [0, 0.1) is 11.6 Å². The van der Waals surface area contributed by atoms with Crippen molar-refractivity contribution >= 4 is 22.6 Å². The molecule has 9 heteroatoms. The van der Waals surface area contributed by atoms with Gasteiger partial charge in [-0.2, -0.15) is 5.10 Å². The average molecular weight is 319 g/mol. The standard InChI is InChI=1S/C14H11F2N5O2/c1-20-13-8(5-18-20)14(23)21(7-17-13)6-11(22)19-12-9(15)3-2-4-10(12)16/h2-5,7H,6H2,1H3,(H,19,22). The molecule has 0 bridgehead atoms. The quantitative estimate of drug-likeness (QED) is 0.782. The van der Waals surface area contributed by atoms with Crippen molar-refractivity contribution in [3.63, 3.8) is 0 Å². The molecular weight excluding hydrogens is 308 g/mol. The van der Waals surface area contributed by atoms with Crippen molar-refractivity contribution in [1.82, 2.24) is 19.3 Å². The van der Waals surface area contributed by atoms with E-state index in [1.165, 1.54) is 23.3 Å². The molecule has 3 aromatic rings. The van der Waals surface area contributed by atoms with Crippen LogP contribution in [0.25, 0.3) is 11.0 Å². The van der Waals surface area contributed by atoms with Gasteiger partial charge in [-0.05, 0) is 12.1 Å². The zero-order chi connectivity index (χ0) is 16.6. The number of aromatic nitrogens is 4. The highest BCUT2D eigenvalue weighted by atomic mass is 19.1. The number of hydrogen-bond donors (Lipinski definition) is 1. The molecule has 0 fully saturated rings. The number of hydrogen-bond acceptors (Lipinski definition) is 4. The summed E-state index contributed by atoms with van der Waals surface area (Å²) in [4.78, 5) is 28.2. The van der Waals surface area contributed by atoms with Gasteiger partial charge in [-0.3, -0.25) is 18.8 Å². The second-order valence-corrected chi connectivity index (χ2v) is 4.83. The Labute approximate surface area is 128 Å². The number of halogens is 2. The van der Waals surface area contributed by atoms with Crippen LogP contribution in [0.3, 0.4) is 0 Å². The van der Waals surface area contributed by atoms with Crippen molar-refractivity contribution in [2.45, 2.75) is 6.54 Å². The van der Waals surface area contributed by atoms with E-state index in [1.54, 1.807) is 7.05 Å². The minimum absolute atomic E-state index is 0.250. The van der Waals surface area contributed by atoms with Crippen LogP contribution in [0.5, 0.6) is 0 Å². The zero-order valence-corrected chi connectivity index (χ0v) is 12.0. The number of carbonyl (C=O) groups is 1. The first kappa shape index (κ1) is 14.8. The van der Waals surface area contributed by atoms with Crippen LogP contribution in [-0.2, 0) is 18.4 Å². The number of para-hydroxylation sites is 1. The van der Waals surface area contributed by atoms with Crippen LogP contribution in [0.2, 0.25) is 0 Å². The smallest absolute Gasteiger partial charge is 0.264 e. The molecule has 0 saturated carbocycles. The number of anilines is 1. The van der Waals surface area contributed by atoms with Crippen LogP contribution in [0.1, 0.15) is 0 Å². The van der Waals surface area contributed by atoms with Crippen molar-refractivity contribution in [3.8, 4) is 0 Å². The summed E-state index contributed by atoms with van der Waals surface area (Å²) in [7, 11) is 1.63. The molecule has 0 radical (unpaired) electrons. The van der Waals surface area contributed by atoms with E-state index in [-0.39, 0.29) is 5.39 Å². The minimum Gasteiger partial charge on any atom is -0.320 e.